The van der Waals surface area contributed by atoms with E-state index in [4.69, 9.17) is 9.97 Å². The van der Waals surface area contributed by atoms with E-state index in [0.717, 1.165) is 56.0 Å². The molecule has 4 heteroatoms. The molecule has 8 bridgehead atoms. The number of aromatic amines is 2. The number of nitrogens with one attached hydrogen (secondary N) is 2. The van der Waals surface area contributed by atoms with Crippen LogP contribution in [-0.4, -0.2) is 19.9 Å². The zero-order valence-electron chi connectivity index (χ0n) is 33.4. The van der Waals surface area contributed by atoms with E-state index in [-0.39, 0.29) is 0 Å². The lowest BCUT2D eigenvalue weighted by molar-refractivity contribution is 1.27. The summed E-state index contributed by atoms with van der Waals surface area (Å²) in [5.41, 5.74) is 26.9. The Labute approximate surface area is 329 Å². The van der Waals surface area contributed by atoms with Gasteiger partial charge in [0.25, 0.3) is 0 Å². The number of benzene rings is 4. The van der Waals surface area contributed by atoms with Gasteiger partial charge in [-0.3, -0.25) is 0 Å². The highest BCUT2D eigenvalue weighted by Crippen LogP contribution is 2.49. The number of hydrogen-bond acceptors (Lipinski definition) is 2. The Morgan fingerprint density at radius 3 is 1.32 bits per heavy atom. The molecule has 5 heterocycles. The predicted molar refractivity (Wildman–Crippen MR) is 238 cm³/mol. The second-order valence-electron chi connectivity index (χ2n) is 15.6. The van der Waals surface area contributed by atoms with E-state index in [9.17, 15) is 0 Å². The first-order valence-corrected chi connectivity index (χ1v) is 19.5. The second kappa shape index (κ2) is 13.6. The summed E-state index contributed by atoms with van der Waals surface area (Å²) in [5, 5.41) is 0. The van der Waals surface area contributed by atoms with Gasteiger partial charge in [-0.1, -0.05) is 72.8 Å². The zero-order chi connectivity index (χ0) is 38.8. The van der Waals surface area contributed by atoms with Crippen LogP contribution >= 0.6 is 0 Å². The van der Waals surface area contributed by atoms with Crippen molar-refractivity contribution in [1.82, 2.24) is 19.9 Å². The highest BCUT2D eigenvalue weighted by Gasteiger charge is 2.28. The molecule has 7 aromatic rings. The molecule has 0 radical (unpaired) electrons. The number of aryl methyl sites for hydroxylation is 8. The molecule has 0 saturated heterocycles. The summed E-state index contributed by atoms with van der Waals surface area (Å²) in [6.45, 7) is 17.8. The van der Waals surface area contributed by atoms with E-state index in [1.807, 2.05) is 0 Å². The van der Waals surface area contributed by atoms with Gasteiger partial charge in [0.1, 0.15) is 0 Å². The van der Waals surface area contributed by atoms with E-state index in [2.05, 4.69) is 187 Å². The fraction of sp³-hybridized carbons (Fsp3) is 0.154. The van der Waals surface area contributed by atoms with Crippen molar-refractivity contribution in [3.8, 4) is 33.4 Å². The molecule has 4 aromatic carbocycles. The third kappa shape index (κ3) is 5.93. The number of H-pyrrole nitrogens is 2. The van der Waals surface area contributed by atoms with Crippen LogP contribution in [-0.2, 0) is 0 Å². The summed E-state index contributed by atoms with van der Waals surface area (Å²) in [5.74, 6) is 0. The Kier molecular flexibility index (Phi) is 8.58. The first-order chi connectivity index (χ1) is 27.0. The van der Waals surface area contributed by atoms with Gasteiger partial charge in [-0.15, -0.1) is 0 Å². The van der Waals surface area contributed by atoms with Crippen molar-refractivity contribution in [3.63, 3.8) is 0 Å². The van der Waals surface area contributed by atoms with E-state index in [0.29, 0.717) is 0 Å². The fourth-order valence-electron chi connectivity index (χ4n) is 9.06. The topological polar surface area (TPSA) is 57.4 Å². The Morgan fingerprint density at radius 1 is 0.375 bits per heavy atom. The van der Waals surface area contributed by atoms with Gasteiger partial charge in [0, 0.05) is 38.8 Å². The monoisotopic (exact) mass is 726 g/mol. The lowest BCUT2D eigenvalue weighted by atomic mass is 9.84. The summed E-state index contributed by atoms with van der Waals surface area (Å²) < 4.78 is 0. The van der Waals surface area contributed by atoms with Crippen LogP contribution in [0.3, 0.4) is 0 Å². The van der Waals surface area contributed by atoms with Gasteiger partial charge in [0.15, 0.2) is 0 Å². The van der Waals surface area contributed by atoms with E-state index < -0.39 is 0 Å². The Bertz CT molecular complexity index is 2920. The molecule has 0 aliphatic carbocycles. The van der Waals surface area contributed by atoms with E-state index in [1.54, 1.807) is 0 Å². The van der Waals surface area contributed by atoms with Gasteiger partial charge in [-0.2, -0.15) is 0 Å². The fourth-order valence-corrected chi connectivity index (χ4v) is 9.06. The summed E-state index contributed by atoms with van der Waals surface area (Å²) in [7, 11) is 0. The number of fused-ring (bicyclic) bond motifs is 8. The Balaban J connectivity index is 1.63. The summed E-state index contributed by atoms with van der Waals surface area (Å²) >= 11 is 0. The van der Waals surface area contributed by atoms with Gasteiger partial charge < -0.3 is 9.97 Å². The molecule has 0 spiro atoms. The summed E-state index contributed by atoms with van der Waals surface area (Å²) in [6.07, 6.45) is 6.50. The molecule has 0 atom stereocenters. The summed E-state index contributed by atoms with van der Waals surface area (Å²) in [4.78, 5) is 18.6. The molecule has 2 aliphatic rings. The van der Waals surface area contributed by atoms with Crippen LogP contribution in [0.2, 0.25) is 0 Å². The lowest BCUT2D eigenvalue weighted by Crippen LogP contribution is -1.99. The molecule has 0 fully saturated rings. The molecule has 0 amide bonds. The molecule has 274 valence electrons. The first kappa shape index (κ1) is 35.2. The maximum absolute atomic E-state index is 5.67. The molecule has 0 unspecified atom stereocenters. The van der Waals surface area contributed by atoms with Crippen LogP contribution in [0.15, 0.2) is 103 Å². The lowest BCUT2D eigenvalue weighted by Gasteiger charge is -2.19. The quantitative estimate of drug-likeness (QED) is 0.190. The van der Waals surface area contributed by atoms with Crippen molar-refractivity contribution in [2.75, 3.05) is 0 Å². The average molecular weight is 727 g/mol. The zero-order valence-corrected chi connectivity index (χ0v) is 33.4. The highest BCUT2D eigenvalue weighted by atomic mass is 14.8. The molecule has 3 aromatic heterocycles. The van der Waals surface area contributed by atoms with Gasteiger partial charge in [-0.25, -0.2) is 9.97 Å². The number of hydrogen-bond donors (Lipinski definition) is 2. The SMILES string of the molecule is Cc1cccc(C)c1C1=Cc2cc3ccc(cc4nc(cc5[nH]c(c(-c6c(C)cccc6C)c1n2)c(-c1c(C)cccc1C)c5-c1c(C)cccc1C)C=C4)[nH]3. The normalized spacial score (nSPS) is 12.3. The maximum Gasteiger partial charge on any atom is 0.0815 e. The van der Waals surface area contributed by atoms with Crippen molar-refractivity contribution in [2.45, 2.75) is 55.4 Å². The highest BCUT2D eigenvalue weighted by molar-refractivity contribution is 6.13. The molecular formula is C52H46N4. The van der Waals surface area contributed by atoms with Gasteiger partial charge in [0.05, 0.1) is 28.3 Å². The van der Waals surface area contributed by atoms with Crippen LogP contribution in [0.4, 0.5) is 0 Å². The minimum Gasteiger partial charge on any atom is -0.355 e. The van der Waals surface area contributed by atoms with Crippen LogP contribution in [0.1, 0.15) is 72.8 Å². The predicted octanol–water partition coefficient (Wildman–Crippen LogP) is 13.5. The van der Waals surface area contributed by atoms with Crippen LogP contribution in [0, 0.1) is 55.4 Å². The molecule has 2 N–H and O–H groups in total. The number of rotatable bonds is 4. The molecule has 56 heavy (non-hydrogen) atoms. The van der Waals surface area contributed by atoms with E-state index >= 15 is 0 Å². The maximum atomic E-state index is 5.67. The average Bonchev–Trinajstić information content (AvgIpc) is 3.95. The number of nitrogens with zero attached hydrogens (tertiary/aromatic N) is 2. The van der Waals surface area contributed by atoms with Crippen molar-refractivity contribution in [2.24, 2.45) is 0 Å². The van der Waals surface area contributed by atoms with Crippen LogP contribution in [0.25, 0.3) is 79.2 Å². The standard InChI is InChI=1S/C52H46N4/c1-29-13-9-14-30(2)44(29)42-27-41-26-39-22-21-37(53-39)25-38-23-24-40(54-38)28-43-48(45-31(3)15-10-16-32(45)4)49(46-33(5)17-11-18-34(46)6)52(56-43)50(51(42)55-41)47-35(7)19-12-20-36(47)8/h9-28,53,56H,1-8H3. The molecule has 2 aliphatic heterocycles. The third-order valence-corrected chi connectivity index (χ3v) is 11.6. The Hall–Kier alpha value is -6.52. The minimum atomic E-state index is 0.897. The number of aromatic nitrogens is 4. The molecule has 0 saturated carbocycles. The van der Waals surface area contributed by atoms with Crippen LogP contribution < -0.4 is 0 Å². The smallest absolute Gasteiger partial charge is 0.0815 e. The largest absolute Gasteiger partial charge is 0.355 e. The van der Waals surface area contributed by atoms with Gasteiger partial charge in [0.2, 0.25) is 0 Å². The minimum absolute atomic E-state index is 0.897. The molecular weight excluding hydrogens is 681 g/mol. The third-order valence-electron chi connectivity index (χ3n) is 11.6. The van der Waals surface area contributed by atoms with E-state index in [1.165, 1.54) is 77.9 Å². The van der Waals surface area contributed by atoms with Crippen molar-refractivity contribution >= 4 is 45.9 Å². The van der Waals surface area contributed by atoms with Gasteiger partial charge in [-0.05, 0) is 171 Å². The molecule has 4 nitrogen and oxygen atoms in total. The summed E-state index contributed by atoms with van der Waals surface area (Å²) in [6, 6.07) is 37.2. The first-order valence-electron chi connectivity index (χ1n) is 19.5. The van der Waals surface area contributed by atoms with Crippen molar-refractivity contribution in [1.29, 1.82) is 0 Å². The van der Waals surface area contributed by atoms with Crippen molar-refractivity contribution < 1.29 is 0 Å². The van der Waals surface area contributed by atoms with Crippen LogP contribution in [0.5, 0.6) is 0 Å². The Morgan fingerprint density at radius 2 is 0.804 bits per heavy atom. The van der Waals surface area contributed by atoms with Gasteiger partial charge >= 0.3 is 0 Å². The van der Waals surface area contributed by atoms with Crippen molar-refractivity contribution in [3.05, 3.63) is 176 Å². The molecule has 9 rings (SSSR count). The second-order valence-corrected chi connectivity index (χ2v) is 15.6.